The van der Waals surface area contributed by atoms with Crippen molar-refractivity contribution in [2.24, 2.45) is 0 Å². The van der Waals surface area contributed by atoms with Gasteiger partial charge in [0, 0.05) is 44.4 Å². The number of carbonyl (C=O) groups is 1. The third kappa shape index (κ3) is 4.22. The number of methoxy groups -OCH3 is 1. The fourth-order valence-electron chi connectivity index (χ4n) is 2.94. The molecule has 7 nitrogen and oxygen atoms in total. The maximum Gasteiger partial charge on any atom is 0.317 e. The molecule has 1 aromatic carbocycles. The van der Waals surface area contributed by atoms with E-state index in [1.807, 2.05) is 42.2 Å². The van der Waals surface area contributed by atoms with Crippen molar-refractivity contribution in [2.75, 3.05) is 44.7 Å². The minimum absolute atomic E-state index is 0.0197. The minimum Gasteiger partial charge on any atom is -0.497 e. The normalized spacial score (nSPS) is 14.2. The SMILES string of the molecule is CCCNC(=O)N1CCN(c2cc(-c3cccc(OC)c3)ncn2)CC1. The third-order valence-corrected chi connectivity index (χ3v) is 4.44. The molecular formula is C19H25N5O2. The van der Waals surface area contributed by atoms with Gasteiger partial charge in [0.25, 0.3) is 0 Å². The zero-order valence-corrected chi connectivity index (χ0v) is 15.3. The van der Waals surface area contributed by atoms with Gasteiger partial charge in [-0.3, -0.25) is 0 Å². The van der Waals surface area contributed by atoms with E-state index in [2.05, 4.69) is 20.2 Å². The second-order valence-corrected chi connectivity index (χ2v) is 6.20. The summed E-state index contributed by atoms with van der Waals surface area (Å²) in [4.78, 5) is 24.9. The molecule has 1 aliphatic heterocycles. The molecule has 1 fully saturated rings. The molecule has 0 saturated carbocycles. The quantitative estimate of drug-likeness (QED) is 0.892. The summed E-state index contributed by atoms with van der Waals surface area (Å²) in [5.41, 5.74) is 1.85. The van der Waals surface area contributed by atoms with Gasteiger partial charge in [-0.05, 0) is 18.6 Å². The molecule has 1 saturated heterocycles. The number of nitrogens with zero attached hydrogens (tertiary/aromatic N) is 4. The number of rotatable bonds is 5. The van der Waals surface area contributed by atoms with E-state index in [-0.39, 0.29) is 6.03 Å². The van der Waals surface area contributed by atoms with E-state index >= 15 is 0 Å². The van der Waals surface area contributed by atoms with Crippen LogP contribution in [0.5, 0.6) is 5.75 Å². The molecule has 1 aliphatic rings. The smallest absolute Gasteiger partial charge is 0.317 e. The predicted octanol–water partition coefficient (Wildman–Crippen LogP) is 2.39. The van der Waals surface area contributed by atoms with Gasteiger partial charge in [0.05, 0.1) is 12.8 Å². The van der Waals surface area contributed by atoms with Crippen LogP contribution in [-0.4, -0.2) is 60.7 Å². The van der Waals surface area contributed by atoms with Gasteiger partial charge in [0.1, 0.15) is 17.9 Å². The summed E-state index contributed by atoms with van der Waals surface area (Å²) >= 11 is 0. The summed E-state index contributed by atoms with van der Waals surface area (Å²) < 4.78 is 5.29. The molecule has 0 atom stereocenters. The van der Waals surface area contributed by atoms with Crippen molar-refractivity contribution in [3.63, 3.8) is 0 Å². The number of ether oxygens (including phenoxy) is 1. The molecule has 26 heavy (non-hydrogen) atoms. The van der Waals surface area contributed by atoms with Crippen molar-refractivity contribution in [3.05, 3.63) is 36.7 Å². The predicted molar refractivity (Wildman–Crippen MR) is 101 cm³/mol. The highest BCUT2D eigenvalue weighted by atomic mass is 16.5. The number of hydrogen-bond acceptors (Lipinski definition) is 5. The van der Waals surface area contributed by atoms with E-state index in [0.29, 0.717) is 13.1 Å². The number of piperazine rings is 1. The average molecular weight is 355 g/mol. The van der Waals surface area contributed by atoms with Crippen LogP contribution in [0.4, 0.5) is 10.6 Å². The van der Waals surface area contributed by atoms with Gasteiger partial charge < -0.3 is 19.9 Å². The Morgan fingerprint density at radius 2 is 2.00 bits per heavy atom. The van der Waals surface area contributed by atoms with Crippen molar-refractivity contribution < 1.29 is 9.53 Å². The number of nitrogens with one attached hydrogen (secondary N) is 1. The van der Waals surface area contributed by atoms with E-state index < -0.39 is 0 Å². The molecule has 1 aromatic heterocycles. The maximum atomic E-state index is 12.1. The summed E-state index contributed by atoms with van der Waals surface area (Å²) in [6.45, 7) is 5.66. The Kier molecular flexibility index (Phi) is 5.88. The Morgan fingerprint density at radius 3 is 2.73 bits per heavy atom. The highest BCUT2D eigenvalue weighted by Gasteiger charge is 2.21. The standard InChI is InChI=1S/C19H25N5O2/c1-3-7-20-19(25)24-10-8-23(9-11-24)18-13-17(21-14-22-18)15-5-4-6-16(12-15)26-2/h4-6,12-14H,3,7-11H2,1-2H3,(H,20,25). The molecule has 7 heteroatoms. The molecule has 3 rings (SSSR count). The van der Waals surface area contributed by atoms with Crippen LogP contribution < -0.4 is 15.0 Å². The molecule has 0 bridgehead atoms. The van der Waals surface area contributed by atoms with Crippen molar-refractivity contribution >= 4 is 11.8 Å². The lowest BCUT2D eigenvalue weighted by Crippen LogP contribution is -2.52. The van der Waals surface area contributed by atoms with Gasteiger partial charge >= 0.3 is 6.03 Å². The Balaban J connectivity index is 1.67. The molecule has 0 radical (unpaired) electrons. The Morgan fingerprint density at radius 1 is 1.19 bits per heavy atom. The summed E-state index contributed by atoms with van der Waals surface area (Å²) in [7, 11) is 1.65. The first-order valence-electron chi connectivity index (χ1n) is 8.95. The van der Waals surface area contributed by atoms with Crippen LogP contribution in [-0.2, 0) is 0 Å². The molecule has 2 amide bonds. The fourth-order valence-corrected chi connectivity index (χ4v) is 2.94. The molecule has 0 unspecified atom stereocenters. The lowest BCUT2D eigenvalue weighted by molar-refractivity contribution is 0.194. The van der Waals surface area contributed by atoms with Gasteiger partial charge in [0.15, 0.2) is 0 Å². The Bertz CT molecular complexity index is 744. The number of carbonyl (C=O) groups excluding carboxylic acids is 1. The zero-order valence-electron chi connectivity index (χ0n) is 15.3. The fraction of sp³-hybridized carbons (Fsp3) is 0.421. The zero-order chi connectivity index (χ0) is 18.4. The molecule has 0 aliphatic carbocycles. The number of aromatic nitrogens is 2. The van der Waals surface area contributed by atoms with E-state index in [4.69, 9.17) is 4.74 Å². The van der Waals surface area contributed by atoms with Gasteiger partial charge in [-0.2, -0.15) is 0 Å². The van der Waals surface area contributed by atoms with E-state index in [1.165, 1.54) is 0 Å². The van der Waals surface area contributed by atoms with Crippen molar-refractivity contribution in [1.82, 2.24) is 20.2 Å². The van der Waals surface area contributed by atoms with Gasteiger partial charge in [-0.25, -0.2) is 14.8 Å². The lowest BCUT2D eigenvalue weighted by Gasteiger charge is -2.35. The number of anilines is 1. The summed E-state index contributed by atoms with van der Waals surface area (Å²) in [6, 6.07) is 9.83. The van der Waals surface area contributed by atoms with Crippen LogP contribution in [0.3, 0.4) is 0 Å². The van der Waals surface area contributed by atoms with Crippen LogP contribution >= 0.6 is 0 Å². The Labute approximate surface area is 154 Å². The average Bonchev–Trinajstić information content (AvgIpc) is 2.72. The Hall–Kier alpha value is -2.83. The first-order valence-corrected chi connectivity index (χ1v) is 8.95. The topological polar surface area (TPSA) is 70.6 Å². The summed E-state index contributed by atoms with van der Waals surface area (Å²) in [6.07, 6.45) is 2.53. The number of amides is 2. The van der Waals surface area contributed by atoms with E-state index in [9.17, 15) is 4.79 Å². The summed E-state index contributed by atoms with van der Waals surface area (Å²) in [5.74, 6) is 1.68. The van der Waals surface area contributed by atoms with Crippen LogP contribution in [0.2, 0.25) is 0 Å². The highest BCUT2D eigenvalue weighted by Crippen LogP contribution is 2.24. The lowest BCUT2D eigenvalue weighted by atomic mass is 10.1. The van der Waals surface area contributed by atoms with Crippen molar-refractivity contribution in [3.8, 4) is 17.0 Å². The van der Waals surface area contributed by atoms with Gasteiger partial charge in [0.2, 0.25) is 0 Å². The summed E-state index contributed by atoms with van der Waals surface area (Å²) in [5, 5.41) is 2.93. The third-order valence-electron chi connectivity index (χ3n) is 4.44. The molecular weight excluding hydrogens is 330 g/mol. The van der Waals surface area contributed by atoms with E-state index in [0.717, 1.165) is 48.9 Å². The molecule has 2 aromatic rings. The van der Waals surface area contributed by atoms with E-state index in [1.54, 1.807) is 13.4 Å². The molecule has 138 valence electrons. The molecule has 2 heterocycles. The molecule has 1 N–H and O–H groups in total. The number of hydrogen-bond donors (Lipinski definition) is 1. The maximum absolute atomic E-state index is 12.1. The number of urea groups is 1. The monoisotopic (exact) mass is 355 g/mol. The first kappa shape index (κ1) is 18.0. The second kappa shape index (κ2) is 8.51. The van der Waals surface area contributed by atoms with Gasteiger partial charge in [-0.1, -0.05) is 19.1 Å². The van der Waals surface area contributed by atoms with Crippen LogP contribution in [0.25, 0.3) is 11.3 Å². The van der Waals surface area contributed by atoms with Gasteiger partial charge in [-0.15, -0.1) is 0 Å². The van der Waals surface area contributed by atoms with Crippen molar-refractivity contribution in [1.29, 1.82) is 0 Å². The second-order valence-electron chi connectivity index (χ2n) is 6.20. The van der Waals surface area contributed by atoms with Crippen LogP contribution in [0.15, 0.2) is 36.7 Å². The van der Waals surface area contributed by atoms with Crippen LogP contribution in [0, 0.1) is 0 Å². The first-order chi connectivity index (χ1) is 12.7. The number of benzene rings is 1. The van der Waals surface area contributed by atoms with Crippen LogP contribution in [0.1, 0.15) is 13.3 Å². The highest BCUT2D eigenvalue weighted by molar-refractivity contribution is 5.74. The molecule has 0 spiro atoms. The largest absolute Gasteiger partial charge is 0.497 e. The van der Waals surface area contributed by atoms with Crippen molar-refractivity contribution in [2.45, 2.75) is 13.3 Å². The minimum atomic E-state index is 0.0197.